The Balaban J connectivity index is 1.40. The summed E-state index contributed by atoms with van der Waals surface area (Å²) in [5.41, 5.74) is 1.29. The molecule has 0 spiro atoms. The molecule has 2 unspecified atom stereocenters. The zero-order chi connectivity index (χ0) is 22.5. The highest BCUT2D eigenvalue weighted by atomic mass is 19.1. The Kier molecular flexibility index (Phi) is 6.44. The van der Waals surface area contributed by atoms with Gasteiger partial charge in [-0.25, -0.2) is 19.3 Å². The minimum Gasteiger partial charge on any atom is -0.486 e. The van der Waals surface area contributed by atoms with Crippen LogP contribution in [0.3, 0.4) is 0 Å². The van der Waals surface area contributed by atoms with Gasteiger partial charge in [-0.3, -0.25) is 4.79 Å². The number of imidazole rings is 1. The van der Waals surface area contributed by atoms with Crippen LogP contribution in [0, 0.1) is 5.82 Å². The molecule has 0 bridgehead atoms. The summed E-state index contributed by atoms with van der Waals surface area (Å²) >= 11 is 0. The Hall–Kier alpha value is -3.75. The van der Waals surface area contributed by atoms with E-state index in [1.807, 2.05) is 19.1 Å². The molecule has 3 aromatic rings. The number of anilines is 1. The van der Waals surface area contributed by atoms with Crippen LogP contribution in [0.25, 0.3) is 11.2 Å². The number of hydrogen-bond acceptors (Lipinski definition) is 6. The zero-order valence-electron chi connectivity index (χ0n) is 17.8. The highest BCUT2D eigenvalue weighted by Gasteiger charge is 2.26. The summed E-state index contributed by atoms with van der Waals surface area (Å²) in [4.78, 5) is 30.1. The van der Waals surface area contributed by atoms with E-state index in [1.54, 1.807) is 23.1 Å². The van der Waals surface area contributed by atoms with Gasteiger partial charge in [0.05, 0.1) is 0 Å². The average molecular weight is 436 g/mol. The van der Waals surface area contributed by atoms with Crippen molar-refractivity contribution in [1.29, 1.82) is 0 Å². The predicted octanol–water partition coefficient (Wildman–Crippen LogP) is 3.43. The maximum absolute atomic E-state index is 13.6. The van der Waals surface area contributed by atoms with Gasteiger partial charge in [0.1, 0.15) is 24.3 Å². The lowest BCUT2D eigenvalue weighted by atomic mass is 10.1. The monoisotopic (exact) mass is 436 g/mol. The first-order chi connectivity index (χ1) is 15.5. The Morgan fingerprint density at radius 3 is 3.09 bits per heavy atom. The number of aromatic amines is 1. The number of nitrogens with one attached hydrogen (secondary N) is 2. The van der Waals surface area contributed by atoms with Crippen molar-refractivity contribution >= 4 is 22.9 Å². The van der Waals surface area contributed by atoms with E-state index in [-0.39, 0.29) is 36.0 Å². The largest absolute Gasteiger partial charge is 0.486 e. The summed E-state index contributed by atoms with van der Waals surface area (Å²) in [5, 5.41) is 3.40. The standard InChI is InChI=1S/C23H25FN6O2/c1-3-19(31)30-11-10-16(13-30)27-22-20-23(26-14-25-22)29-21(28-20)15(2)7-6-12-32-18-9-5-4-8-17(18)24/h3-9,14-16H,1,10-13H2,2H3,(H2,25,26,27,28,29). The number of nitrogens with zero attached hydrogens (tertiary/aromatic N) is 4. The van der Waals surface area contributed by atoms with E-state index in [0.29, 0.717) is 24.6 Å². The molecule has 0 saturated carbocycles. The molecule has 1 aliphatic rings. The molecule has 1 amide bonds. The van der Waals surface area contributed by atoms with Gasteiger partial charge in [-0.1, -0.05) is 37.8 Å². The molecule has 1 aromatic carbocycles. The van der Waals surface area contributed by atoms with Crippen LogP contribution in [0.4, 0.5) is 10.2 Å². The summed E-state index contributed by atoms with van der Waals surface area (Å²) in [6.07, 6.45) is 7.41. The molecule has 1 saturated heterocycles. The highest BCUT2D eigenvalue weighted by Crippen LogP contribution is 2.24. The molecular weight excluding hydrogens is 411 g/mol. The molecule has 2 N–H and O–H groups in total. The predicted molar refractivity (Wildman–Crippen MR) is 120 cm³/mol. The minimum absolute atomic E-state index is 0.0338. The SMILES string of the molecule is C=CC(=O)N1CCC(Nc2ncnc3nc(C(C)C=CCOc4ccccc4F)[nH]c23)C1. The number of carbonyl (C=O) groups excluding carboxylic acids is 1. The van der Waals surface area contributed by atoms with Crippen LogP contribution < -0.4 is 10.1 Å². The fraction of sp³-hybridized carbons (Fsp3) is 0.304. The molecular formula is C23H25FN6O2. The van der Waals surface area contributed by atoms with Crippen LogP contribution in [0.1, 0.15) is 25.1 Å². The lowest BCUT2D eigenvalue weighted by molar-refractivity contribution is -0.125. The summed E-state index contributed by atoms with van der Waals surface area (Å²) in [5.74, 6) is 1.13. The second kappa shape index (κ2) is 9.59. The van der Waals surface area contributed by atoms with E-state index in [2.05, 4.69) is 31.8 Å². The zero-order valence-corrected chi connectivity index (χ0v) is 17.8. The smallest absolute Gasteiger partial charge is 0.246 e. The van der Waals surface area contributed by atoms with Crippen molar-refractivity contribution in [2.45, 2.75) is 25.3 Å². The number of amides is 1. The van der Waals surface area contributed by atoms with E-state index in [9.17, 15) is 9.18 Å². The molecule has 0 radical (unpaired) electrons. The van der Waals surface area contributed by atoms with Crippen molar-refractivity contribution in [3.63, 3.8) is 0 Å². The lowest BCUT2D eigenvalue weighted by Gasteiger charge is -2.15. The maximum atomic E-state index is 13.6. The van der Waals surface area contributed by atoms with E-state index < -0.39 is 0 Å². The second-order valence-electron chi connectivity index (χ2n) is 7.62. The average Bonchev–Trinajstić information content (AvgIpc) is 3.45. The number of carbonyl (C=O) groups is 1. The topological polar surface area (TPSA) is 96.0 Å². The number of fused-ring (bicyclic) bond motifs is 1. The Bertz CT molecular complexity index is 1140. The van der Waals surface area contributed by atoms with Crippen LogP contribution in [0.15, 0.2) is 55.4 Å². The van der Waals surface area contributed by atoms with Crippen molar-refractivity contribution in [2.24, 2.45) is 0 Å². The molecule has 9 heteroatoms. The first-order valence-electron chi connectivity index (χ1n) is 10.5. The molecule has 32 heavy (non-hydrogen) atoms. The number of rotatable bonds is 8. The quantitative estimate of drug-likeness (QED) is 0.415. The second-order valence-corrected chi connectivity index (χ2v) is 7.62. The molecule has 8 nitrogen and oxygen atoms in total. The van der Waals surface area contributed by atoms with Crippen molar-refractivity contribution in [3.8, 4) is 5.75 Å². The molecule has 4 rings (SSSR count). The number of likely N-dealkylation sites (tertiary alicyclic amines) is 1. The molecule has 3 heterocycles. The number of para-hydroxylation sites is 1. The lowest BCUT2D eigenvalue weighted by Crippen LogP contribution is -2.30. The number of ether oxygens (including phenoxy) is 1. The number of benzene rings is 1. The highest BCUT2D eigenvalue weighted by molar-refractivity contribution is 5.87. The first kappa shape index (κ1) is 21.5. The van der Waals surface area contributed by atoms with Crippen LogP contribution in [0.2, 0.25) is 0 Å². The molecule has 0 aliphatic carbocycles. The van der Waals surface area contributed by atoms with Gasteiger partial charge in [-0.15, -0.1) is 0 Å². The summed E-state index contributed by atoms with van der Waals surface area (Å²) in [6, 6.07) is 6.40. The van der Waals surface area contributed by atoms with Gasteiger partial charge in [0, 0.05) is 25.0 Å². The van der Waals surface area contributed by atoms with Gasteiger partial charge in [0.15, 0.2) is 23.0 Å². The van der Waals surface area contributed by atoms with E-state index in [0.717, 1.165) is 17.8 Å². The third-order valence-corrected chi connectivity index (χ3v) is 5.35. The number of aromatic nitrogens is 4. The summed E-state index contributed by atoms with van der Waals surface area (Å²) < 4.78 is 19.1. The van der Waals surface area contributed by atoms with Crippen molar-refractivity contribution < 1.29 is 13.9 Å². The van der Waals surface area contributed by atoms with Crippen molar-refractivity contribution in [1.82, 2.24) is 24.8 Å². The molecule has 1 aliphatic heterocycles. The van der Waals surface area contributed by atoms with E-state index in [1.165, 1.54) is 18.5 Å². The third kappa shape index (κ3) is 4.77. The Morgan fingerprint density at radius 2 is 2.28 bits per heavy atom. The third-order valence-electron chi connectivity index (χ3n) is 5.35. The van der Waals surface area contributed by atoms with Gasteiger partial charge in [0.25, 0.3) is 0 Å². The van der Waals surface area contributed by atoms with Gasteiger partial charge >= 0.3 is 0 Å². The summed E-state index contributed by atoms with van der Waals surface area (Å²) in [6.45, 7) is 7.07. The van der Waals surface area contributed by atoms with Gasteiger partial charge < -0.3 is 19.9 Å². The van der Waals surface area contributed by atoms with Gasteiger partial charge in [-0.2, -0.15) is 0 Å². The van der Waals surface area contributed by atoms with Gasteiger partial charge in [-0.05, 0) is 24.6 Å². The minimum atomic E-state index is -0.385. The van der Waals surface area contributed by atoms with E-state index in [4.69, 9.17) is 4.74 Å². The van der Waals surface area contributed by atoms with Crippen LogP contribution in [-0.4, -0.2) is 56.5 Å². The van der Waals surface area contributed by atoms with Crippen LogP contribution in [0.5, 0.6) is 5.75 Å². The van der Waals surface area contributed by atoms with Crippen molar-refractivity contribution in [3.05, 3.63) is 67.0 Å². The number of H-pyrrole nitrogens is 1. The fourth-order valence-corrected chi connectivity index (χ4v) is 3.62. The summed E-state index contributed by atoms with van der Waals surface area (Å²) in [7, 11) is 0. The molecule has 2 aromatic heterocycles. The van der Waals surface area contributed by atoms with Gasteiger partial charge in [0.2, 0.25) is 5.91 Å². The fourth-order valence-electron chi connectivity index (χ4n) is 3.62. The Morgan fingerprint density at radius 1 is 1.44 bits per heavy atom. The molecule has 1 fully saturated rings. The normalized spacial score (nSPS) is 17.1. The van der Waals surface area contributed by atoms with Crippen LogP contribution in [-0.2, 0) is 4.79 Å². The van der Waals surface area contributed by atoms with E-state index >= 15 is 0 Å². The molecule has 2 atom stereocenters. The first-order valence-corrected chi connectivity index (χ1v) is 10.5. The Labute approximate surface area is 185 Å². The van der Waals surface area contributed by atoms with Crippen molar-refractivity contribution in [2.75, 3.05) is 25.0 Å². The number of allylic oxidation sites excluding steroid dienone is 1. The maximum Gasteiger partial charge on any atom is 0.246 e. The number of hydrogen-bond donors (Lipinski definition) is 2. The van der Waals surface area contributed by atoms with Crippen LogP contribution >= 0.6 is 0 Å². The molecule has 166 valence electrons. The number of halogens is 1.